The first kappa shape index (κ1) is 23.2. The SMILES string of the molecule is C=CCN(C)C[C@H]1O[C@@H](c2cccc(NC(C)=O)c2)O[C@@H](c2ccc(CO)cc2)[C@H]1C. The van der Waals surface area contributed by atoms with Crippen LogP contribution in [0.1, 0.15) is 42.9 Å². The number of amides is 1. The van der Waals surface area contributed by atoms with E-state index in [1.807, 2.05) is 61.7 Å². The molecule has 0 unspecified atom stereocenters. The summed E-state index contributed by atoms with van der Waals surface area (Å²) in [7, 11) is 2.05. The number of nitrogens with one attached hydrogen (secondary N) is 1. The van der Waals surface area contributed by atoms with Gasteiger partial charge in [0.05, 0.1) is 18.8 Å². The molecule has 6 nitrogen and oxygen atoms in total. The van der Waals surface area contributed by atoms with Gasteiger partial charge < -0.3 is 24.8 Å². The highest BCUT2D eigenvalue weighted by Crippen LogP contribution is 2.42. The molecule has 1 amide bonds. The van der Waals surface area contributed by atoms with Gasteiger partial charge in [0.15, 0.2) is 6.29 Å². The van der Waals surface area contributed by atoms with Crippen molar-refractivity contribution in [2.24, 2.45) is 5.92 Å². The van der Waals surface area contributed by atoms with Crippen molar-refractivity contribution in [1.82, 2.24) is 4.90 Å². The summed E-state index contributed by atoms with van der Waals surface area (Å²) in [5.74, 6) is -0.0101. The number of likely N-dealkylation sites (N-methyl/N-ethyl adjacent to an activating group) is 1. The average molecular weight is 425 g/mol. The average Bonchev–Trinajstić information content (AvgIpc) is 2.75. The number of aliphatic hydroxyl groups is 1. The van der Waals surface area contributed by atoms with E-state index in [9.17, 15) is 9.90 Å². The maximum atomic E-state index is 11.5. The van der Waals surface area contributed by atoms with E-state index < -0.39 is 6.29 Å². The molecule has 6 heteroatoms. The number of hydrogen-bond acceptors (Lipinski definition) is 5. The lowest BCUT2D eigenvalue weighted by Gasteiger charge is -2.42. The van der Waals surface area contributed by atoms with Crippen molar-refractivity contribution in [2.45, 2.75) is 39.0 Å². The van der Waals surface area contributed by atoms with E-state index in [2.05, 4.69) is 23.7 Å². The van der Waals surface area contributed by atoms with Crippen LogP contribution in [0.4, 0.5) is 5.69 Å². The zero-order valence-electron chi connectivity index (χ0n) is 18.5. The molecule has 1 aliphatic rings. The van der Waals surface area contributed by atoms with E-state index >= 15 is 0 Å². The minimum absolute atomic E-state index is 0.0119. The molecular formula is C25H32N2O4. The highest BCUT2D eigenvalue weighted by Gasteiger charge is 2.38. The molecule has 2 aromatic carbocycles. The van der Waals surface area contributed by atoms with Gasteiger partial charge in [-0.2, -0.15) is 0 Å². The van der Waals surface area contributed by atoms with Crippen molar-refractivity contribution in [3.05, 3.63) is 77.9 Å². The second kappa shape index (κ2) is 10.7. The van der Waals surface area contributed by atoms with Crippen molar-refractivity contribution < 1.29 is 19.4 Å². The molecule has 2 aromatic rings. The van der Waals surface area contributed by atoms with Crippen LogP contribution < -0.4 is 5.32 Å². The van der Waals surface area contributed by atoms with Gasteiger partial charge in [-0.15, -0.1) is 6.58 Å². The van der Waals surface area contributed by atoms with Crippen LogP contribution in [0.2, 0.25) is 0 Å². The van der Waals surface area contributed by atoms with E-state index in [1.54, 1.807) is 0 Å². The van der Waals surface area contributed by atoms with Crippen LogP contribution in [0.3, 0.4) is 0 Å². The predicted molar refractivity (Wildman–Crippen MR) is 121 cm³/mol. The van der Waals surface area contributed by atoms with E-state index in [1.165, 1.54) is 6.92 Å². The third kappa shape index (κ3) is 6.02. The van der Waals surface area contributed by atoms with Crippen molar-refractivity contribution in [2.75, 3.05) is 25.5 Å². The summed E-state index contributed by atoms with van der Waals surface area (Å²) in [5, 5.41) is 12.2. The fourth-order valence-corrected chi connectivity index (χ4v) is 3.90. The molecule has 0 spiro atoms. The third-order valence-electron chi connectivity index (χ3n) is 5.53. The summed E-state index contributed by atoms with van der Waals surface area (Å²) in [5.41, 5.74) is 3.48. The minimum Gasteiger partial charge on any atom is -0.392 e. The van der Waals surface area contributed by atoms with Crippen LogP contribution in [0, 0.1) is 5.92 Å². The van der Waals surface area contributed by atoms with Gasteiger partial charge in [0, 0.05) is 37.2 Å². The molecular weight excluding hydrogens is 392 g/mol. The number of carbonyl (C=O) groups is 1. The van der Waals surface area contributed by atoms with Gasteiger partial charge in [0.1, 0.15) is 0 Å². The Balaban J connectivity index is 1.89. The maximum Gasteiger partial charge on any atom is 0.221 e. The van der Waals surface area contributed by atoms with Gasteiger partial charge in [0.25, 0.3) is 0 Å². The first-order valence-electron chi connectivity index (χ1n) is 10.6. The molecule has 2 N–H and O–H groups in total. The molecule has 0 bridgehead atoms. The van der Waals surface area contributed by atoms with Crippen molar-refractivity contribution in [3.8, 4) is 0 Å². The molecule has 3 rings (SSSR count). The third-order valence-corrected chi connectivity index (χ3v) is 5.53. The second-order valence-electron chi connectivity index (χ2n) is 8.14. The Morgan fingerprint density at radius 2 is 1.94 bits per heavy atom. The quantitative estimate of drug-likeness (QED) is 0.626. The fourth-order valence-electron chi connectivity index (χ4n) is 3.90. The molecule has 0 aromatic heterocycles. The van der Waals surface area contributed by atoms with Crippen LogP contribution in [-0.4, -0.2) is 42.2 Å². The Labute approximate surface area is 184 Å². The second-order valence-corrected chi connectivity index (χ2v) is 8.14. The summed E-state index contributed by atoms with van der Waals surface area (Å²) in [6.45, 7) is 8.97. The molecule has 0 radical (unpaired) electrons. The number of anilines is 1. The molecule has 1 fully saturated rings. The molecule has 1 aliphatic heterocycles. The minimum atomic E-state index is -0.561. The van der Waals surface area contributed by atoms with E-state index in [0.29, 0.717) is 5.69 Å². The number of benzene rings is 2. The van der Waals surface area contributed by atoms with Crippen LogP contribution in [0.5, 0.6) is 0 Å². The van der Waals surface area contributed by atoms with Gasteiger partial charge in [0.2, 0.25) is 5.91 Å². The van der Waals surface area contributed by atoms with Gasteiger partial charge in [-0.05, 0) is 30.3 Å². The van der Waals surface area contributed by atoms with Crippen molar-refractivity contribution in [1.29, 1.82) is 0 Å². The Bertz CT molecular complexity index is 883. The van der Waals surface area contributed by atoms with E-state index in [-0.39, 0.29) is 30.6 Å². The highest BCUT2D eigenvalue weighted by atomic mass is 16.7. The van der Waals surface area contributed by atoms with Gasteiger partial charge >= 0.3 is 0 Å². The largest absolute Gasteiger partial charge is 0.392 e. The van der Waals surface area contributed by atoms with Crippen LogP contribution in [0.25, 0.3) is 0 Å². The fraction of sp³-hybridized carbons (Fsp3) is 0.400. The van der Waals surface area contributed by atoms with Crippen LogP contribution in [0.15, 0.2) is 61.2 Å². The normalized spacial score (nSPS) is 23.5. The number of carbonyl (C=O) groups excluding carboxylic acids is 1. The lowest BCUT2D eigenvalue weighted by Crippen LogP contribution is -2.43. The van der Waals surface area contributed by atoms with Gasteiger partial charge in [-0.3, -0.25) is 4.79 Å². The highest BCUT2D eigenvalue weighted by molar-refractivity contribution is 5.88. The Kier molecular flexibility index (Phi) is 7.98. The number of hydrogen-bond donors (Lipinski definition) is 2. The monoisotopic (exact) mass is 424 g/mol. The van der Waals surface area contributed by atoms with Crippen LogP contribution in [-0.2, 0) is 20.9 Å². The first-order valence-corrected chi connectivity index (χ1v) is 10.6. The van der Waals surface area contributed by atoms with E-state index in [0.717, 1.165) is 29.8 Å². The topological polar surface area (TPSA) is 71.0 Å². The molecule has 1 saturated heterocycles. The van der Waals surface area contributed by atoms with Crippen molar-refractivity contribution >= 4 is 11.6 Å². The standard InChI is InChI=1S/C25H32N2O4/c1-5-13-27(4)15-23-17(2)24(20-11-9-19(16-28)10-12-20)31-25(30-23)21-7-6-8-22(14-21)26-18(3)29/h5-12,14,17,23-25,28H,1,13,15-16H2,2-4H3,(H,26,29)/t17-,23+,24+,25+/m0/s1. The van der Waals surface area contributed by atoms with Gasteiger partial charge in [-0.25, -0.2) is 0 Å². The molecule has 31 heavy (non-hydrogen) atoms. The zero-order valence-corrected chi connectivity index (χ0v) is 18.5. The summed E-state index contributed by atoms with van der Waals surface area (Å²) in [6.07, 6.45) is 1.09. The molecule has 0 saturated carbocycles. The Hall–Kier alpha value is -2.51. The Morgan fingerprint density at radius 1 is 1.19 bits per heavy atom. The zero-order chi connectivity index (χ0) is 22.4. The van der Waals surface area contributed by atoms with Gasteiger partial charge in [-0.1, -0.05) is 49.4 Å². The molecule has 166 valence electrons. The predicted octanol–water partition coefficient (Wildman–Crippen LogP) is 4.05. The summed E-state index contributed by atoms with van der Waals surface area (Å²) in [6, 6.07) is 15.4. The smallest absolute Gasteiger partial charge is 0.221 e. The first-order chi connectivity index (χ1) is 14.9. The maximum absolute atomic E-state index is 11.5. The lowest BCUT2D eigenvalue weighted by molar-refractivity contribution is -0.275. The molecule has 0 aliphatic carbocycles. The van der Waals surface area contributed by atoms with Crippen molar-refractivity contribution in [3.63, 3.8) is 0 Å². The number of aliphatic hydroxyl groups excluding tert-OH is 1. The number of ether oxygens (including phenoxy) is 2. The van der Waals surface area contributed by atoms with Crippen LogP contribution >= 0.6 is 0 Å². The molecule has 1 heterocycles. The number of nitrogens with zero attached hydrogens (tertiary/aromatic N) is 1. The lowest BCUT2D eigenvalue weighted by atomic mass is 9.90. The van der Waals surface area contributed by atoms with E-state index in [4.69, 9.17) is 9.47 Å². The summed E-state index contributed by atoms with van der Waals surface area (Å²) >= 11 is 0. The Morgan fingerprint density at radius 3 is 2.58 bits per heavy atom. The summed E-state index contributed by atoms with van der Waals surface area (Å²) < 4.78 is 12.8. The number of rotatable bonds is 8. The molecule has 4 atom stereocenters. The summed E-state index contributed by atoms with van der Waals surface area (Å²) in [4.78, 5) is 13.6.